The number of hydrogen-bond acceptors (Lipinski definition) is 3. The van der Waals surface area contributed by atoms with E-state index in [0.29, 0.717) is 12.6 Å². The van der Waals surface area contributed by atoms with Gasteiger partial charge in [0, 0.05) is 31.0 Å². The van der Waals surface area contributed by atoms with Gasteiger partial charge in [-0.15, -0.1) is 0 Å². The van der Waals surface area contributed by atoms with Crippen molar-refractivity contribution in [1.29, 1.82) is 0 Å². The van der Waals surface area contributed by atoms with Gasteiger partial charge >= 0.3 is 6.03 Å². The molecule has 0 aromatic carbocycles. The van der Waals surface area contributed by atoms with Gasteiger partial charge in [-0.2, -0.15) is 5.10 Å². The largest absolute Gasteiger partial charge is 0.338 e. The van der Waals surface area contributed by atoms with Crippen molar-refractivity contribution in [2.24, 2.45) is 0 Å². The smallest absolute Gasteiger partial charge is 0.315 e. The summed E-state index contributed by atoms with van der Waals surface area (Å²) in [6.45, 7) is 2.64. The molecule has 124 valence electrons. The number of rotatable bonds is 5. The lowest BCUT2D eigenvalue weighted by molar-refractivity contribution is 0.232. The van der Waals surface area contributed by atoms with Crippen molar-refractivity contribution >= 4 is 11.7 Å². The van der Waals surface area contributed by atoms with Crippen LogP contribution in [0.1, 0.15) is 49.8 Å². The Morgan fingerprint density at radius 3 is 3.00 bits per heavy atom. The Hall–Kier alpha value is -2.11. The molecular formula is C17H25N5O. The first kappa shape index (κ1) is 15.8. The lowest BCUT2D eigenvalue weighted by Gasteiger charge is -2.22. The van der Waals surface area contributed by atoms with Crippen molar-refractivity contribution in [2.75, 3.05) is 6.54 Å². The summed E-state index contributed by atoms with van der Waals surface area (Å²) in [5.74, 6) is 0. The summed E-state index contributed by atoms with van der Waals surface area (Å²) in [7, 11) is 0. The second-order valence-corrected chi connectivity index (χ2v) is 6.39. The summed E-state index contributed by atoms with van der Waals surface area (Å²) in [5, 5.41) is 10.4. The molecule has 0 unspecified atom stereocenters. The minimum atomic E-state index is -0.0341. The zero-order chi connectivity index (χ0) is 16.1. The first-order valence-corrected chi connectivity index (χ1v) is 8.56. The van der Waals surface area contributed by atoms with E-state index in [0.717, 1.165) is 42.6 Å². The topological polar surface area (TPSA) is 71.3 Å². The molecule has 1 aliphatic rings. The molecule has 23 heavy (non-hydrogen) atoms. The van der Waals surface area contributed by atoms with Crippen LogP contribution in [0.2, 0.25) is 0 Å². The highest BCUT2D eigenvalue weighted by Crippen LogP contribution is 2.17. The molecule has 0 radical (unpaired) electrons. The summed E-state index contributed by atoms with van der Waals surface area (Å²) in [6.07, 6.45) is 11.7. The van der Waals surface area contributed by atoms with E-state index in [4.69, 9.17) is 0 Å². The van der Waals surface area contributed by atoms with E-state index >= 15 is 0 Å². The quantitative estimate of drug-likeness (QED) is 0.833. The maximum absolute atomic E-state index is 11.9. The number of fused-ring (bicyclic) bond motifs is 1. The van der Waals surface area contributed by atoms with Gasteiger partial charge in [-0.05, 0) is 38.2 Å². The fraction of sp³-hybridized carbons (Fsp3) is 0.588. The van der Waals surface area contributed by atoms with Crippen LogP contribution in [-0.4, -0.2) is 33.2 Å². The molecule has 2 aromatic rings. The number of carbonyl (C=O) groups is 1. The molecule has 2 amide bonds. The Morgan fingerprint density at radius 2 is 2.17 bits per heavy atom. The standard InChI is InChI=1S/C17H25N5O/c1-13-10-16-19-11-14(12-22(16)21-13)6-5-9-18-17(23)20-15-7-3-2-4-8-15/h10-12,15H,2-9H2,1H3,(H2,18,20,23). The van der Waals surface area contributed by atoms with E-state index < -0.39 is 0 Å². The molecule has 0 saturated heterocycles. The fourth-order valence-corrected chi connectivity index (χ4v) is 3.14. The molecule has 1 saturated carbocycles. The molecule has 6 heteroatoms. The predicted octanol–water partition coefficient (Wildman–Crippen LogP) is 2.60. The Morgan fingerprint density at radius 1 is 1.35 bits per heavy atom. The van der Waals surface area contributed by atoms with Crippen molar-refractivity contribution in [2.45, 2.75) is 57.9 Å². The van der Waals surface area contributed by atoms with Crippen molar-refractivity contribution in [3.05, 3.63) is 29.7 Å². The SMILES string of the molecule is Cc1cc2ncc(CCCNC(=O)NC3CCCCC3)cn2n1. The minimum Gasteiger partial charge on any atom is -0.338 e. The van der Waals surface area contributed by atoms with E-state index in [1.54, 1.807) is 0 Å². The van der Waals surface area contributed by atoms with Crippen molar-refractivity contribution in [3.8, 4) is 0 Å². The highest BCUT2D eigenvalue weighted by molar-refractivity contribution is 5.74. The van der Waals surface area contributed by atoms with Crippen molar-refractivity contribution in [3.63, 3.8) is 0 Å². The van der Waals surface area contributed by atoms with Crippen molar-refractivity contribution in [1.82, 2.24) is 25.2 Å². The van der Waals surface area contributed by atoms with Gasteiger partial charge in [0.05, 0.1) is 5.69 Å². The molecule has 1 fully saturated rings. The van der Waals surface area contributed by atoms with E-state index in [9.17, 15) is 4.79 Å². The third-order valence-electron chi connectivity index (χ3n) is 4.36. The van der Waals surface area contributed by atoms with Gasteiger partial charge in [-0.1, -0.05) is 19.3 Å². The average Bonchev–Trinajstić information content (AvgIpc) is 2.92. The Labute approximate surface area is 136 Å². The molecule has 2 aromatic heterocycles. The Kier molecular flexibility index (Phi) is 5.10. The molecule has 0 aliphatic heterocycles. The van der Waals surface area contributed by atoms with Crippen molar-refractivity contribution < 1.29 is 4.79 Å². The first-order chi connectivity index (χ1) is 11.2. The van der Waals surface area contributed by atoms with Gasteiger partial charge in [0.25, 0.3) is 0 Å². The number of amides is 2. The maximum Gasteiger partial charge on any atom is 0.315 e. The number of carbonyl (C=O) groups excluding carboxylic acids is 1. The number of nitrogens with zero attached hydrogens (tertiary/aromatic N) is 3. The van der Waals surface area contributed by atoms with Gasteiger partial charge in [-0.25, -0.2) is 14.3 Å². The molecule has 0 bridgehead atoms. The van der Waals surface area contributed by atoms with Crippen LogP contribution in [0, 0.1) is 6.92 Å². The van der Waals surface area contributed by atoms with Gasteiger partial charge < -0.3 is 10.6 Å². The highest BCUT2D eigenvalue weighted by Gasteiger charge is 2.14. The van der Waals surface area contributed by atoms with Crippen LogP contribution in [0.3, 0.4) is 0 Å². The average molecular weight is 315 g/mol. The molecule has 2 N–H and O–H groups in total. The van der Waals surface area contributed by atoms with E-state index in [-0.39, 0.29) is 6.03 Å². The van der Waals surface area contributed by atoms with Crippen LogP contribution in [-0.2, 0) is 6.42 Å². The molecule has 0 atom stereocenters. The number of urea groups is 1. The summed E-state index contributed by atoms with van der Waals surface area (Å²) < 4.78 is 1.81. The zero-order valence-corrected chi connectivity index (χ0v) is 13.7. The number of aryl methyl sites for hydroxylation is 2. The Balaban J connectivity index is 1.39. The Bertz CT molecular complexity index is 660. The predicted molar refractivity (Wildman–Crippen MR) is 89.5 cm³/mol. The monoisotopic (exact) mass is 315 g/mol. The van der Waals surface area contributed by atoms with Crippen LogP contribution in [0.5, 0.6) is 0 Å². The summed E-state index contributed by atoms with van der Waals surface area (Å²) in [5.41, 5.74) is 2.97. The van der Waals surface area contributed by atoms with E-state index in [1.807, 2.05) is 29.9 Å². The highest BCUT2D eigenvalue weighted by atomic mass is 16.2. The van der Waals surface area contributed by atoms with Crippen LogP contribution in [0.25, 0.3) is 5.65 Å². The third kappa shape index (κ3) is 4.43. The van der Waals surface area contributed by atoms with Crippen LogP contribution < -0.4 is 10.6 Å². The summed E-state index contributed by atoms with van der Waals surface area (Å²) >= 11 is 0. The van der Waals surface area contributed by atoms with Gasteiger partial charge in [0.15, 0.2) is 5.65 Å². The first-order valence-electron chi connectivity index (χ1n) is 8.56. The summed E-state index contributed by atoms with van der Waals surface area (Å²) in [6, 6.07) is 2.28. The summed E-state index contributed by atoms with van der Waals surface area (Å²) in [4.78, 5) is 16.2. The second kappa shape index (κ2) is 7.44. The molecule has 3 rings (SSSR count). The van der Waals surface area contributed by atoms with E-state index in [2.05, 4.69) is 20.7 Å². The molecule has 2 heterocycles. The third-order valence-corrected chi connectivity index (χ3v) is 4.36. The van der Waals surface area contributed by atoms with E-state index in [1.165, 1.54) is 19.3 Å². The van der Waals surface area contributed by atoms with Crippen LogP contribution in [0.15, 0.2) is 18.5 Å². The normalized spacial score (nSPS) is 15.7. The molecule has 6 nitrogen and oxygen atoms in total. The van der Waals surface area contributed by atoms with Gasteiger partial charge in [0.1, 0.15) is 0 Å². The van der Waals surface area contributed by atoms with Gasteiger partial charge in [-0.3, -0.25) is 0 Å². The number of nitrogens with one attached hydrogen (secondary N) is 2. The zero-order valence-electron chi connectivity index (χ0n) is 13.7. The fourth-order valence-electron chi connectivity index (χ4n) is 3.14. The van der Waals surface area contributed by atoms with Gasteiger partial charge in [0.2, 0.25) is 0 Å². The molecular weight excluding hydrogens is 290 g/mol. The molecule has 0 spiro atoms. The minimum absolute atomic E-state index is 0.0341. The lowest BCUT2D eigenvalue weighted by atomic mass is 9.96. The lowest BCUT2D eigenvalue weighted by Crippen LogP contribution is -2.43. The number of aromatic nitrogens is 3. The second-order valence-electron chi connectivity index (χ2n) is 6.39. The molecule has 1 aliphatic carbocycles. The maximum atomic E-state index is 11.9. The number of hydrogen-bond donors (Lipinski definition) is 2. The van der Waals surface area contributed by atoms with Crippen LogP contribution in [0.4, 0.5) is 4.79 Å². The van der Waals surface area contributed by atoms with Crippen LogP contribution >= 0.6 is 0 Å².